The monoisotopic (exact) mass is 487 g/mol. The number of methoxy groups -OCH3 is 1. The van der Waals surface area contributed by atoms with Crippen molar-refractivity contribution < 1.29 is 13.9 Å². The highest BCUT2D eigenvalue weighted by atomic mass is 19.1. The van der Waals surface area contributed by atoms with Crippen LogP contribution in [0.1, 0.15) is 51.9 Å². The molecule has 2 heterocycles. The molecule has 4 rings (SSSR count). The fourth-order valence-electron chi connectivity index (χ4n) is 4.92. The normalized spacial score (nSPS) is 19.0. The number of likely N-dealkylation sites (tertiary alicyclic amines) is 1. The van der Waals surface area contributed by atoms with E-state index in [9.17, 15) is 4.39 Å². The zero-order chi connectivity index (χ0) is 24.5. The molecule has 0 amide bonds. The number of nitrogens with one attached hydrogen (secondary N) is 3. The van der Waals surface area contributed by atoms with E-state index in [1.165, 1.54) is 58.1 Å². The van der Waals surface area contributed by atoms with Crippen LogP contribution in [0.5, 0.6) is 5.75 Å². The molecular weight excluding hydrogens is 449 g/mol. The second kappa shape index (κ2) is 12.8. The van der Waals surface area contributed by atoms with Gasteiger partial charge in [0.1, 0.15) is 0 Å². The number of rotatable bonds is 12. The summed E-state index contributed by atoms with van der Waals surface area (Å²) in [6, 6.07) is 5.10. The minimum absolute atomic E-state index is 0.0152. The lowest BCUT2D eigenvalue weighted by Gasteiger charge is -2.23. The smallest absolute Gasteiger partial charge is 0.233 e. The third kappa shape index (κ3) is 7.38. The Bertz CT molecular complexity index is 942. The van der Waals surface area contributed by atoms with Crippen LogP contribution in [0.2, 0.25) is 0 Å². The summed E-state index contributed by atoms with van der Waals surface area (Å²) in [6.07, 6.45) is 8.75. The maximum absolute atomic E-state index is 14.4. The summed E-state index contributed by atoms with van der Waals surface area (Å²) in [6.45, 7) is 5.98. The summed E-state index contributed by atoms with van der Waals surface area (Å²) in [5, 5.41) is 9.93. The predicted octanol–water partition coefficient (Wildman–Crippen LogP) is 4.63. The van der Waals surface area contributed by atoms with Crippen LogP contribution in [0, 0.1) is 11.7 Å². The van der Waals surface area contributed by atoms with E-state index >= 15 is 0 Å². The Morgan fingerprint density at radius 1 is 0.971 bits per heavy atom. The molecule has 0 radical (unpaired) electrons. The van der Waals surface area contributed by atoms with Gasteiger partial charge in [0.25, 0.3) is 0 Å². The van der Waals surface area contributed by atoms with Crippen LogP contribution < -0.4 is 20.7 Å². The Balaban J connectivity index is 1.46. The Morgan fingerprint density at radius 2 is 1.71 bits per heavy atom. The van der Waals surface area contributed by atoms with E-state index in [4.69, 9.17) is 9.47 Å². The van der Waals surface area contributed by atoms with E-state index in [-0.39, 0.29) is 12.5 Å². The largest absolute Gasteiger partial charge is 0.464 e. The van der Waals surface area contributed by atoms with Crippen LogP contribution in [0.3, 0.4) is 0 Å². The molecule has 1 atom stereocenters. The molecular formula is C25H38FN7O2. The summed E-state index contributed by atoms with van der Waals surface area (Å²) in [4.78, 5) is 16.2. The zero-order valence-electron chi connectivity index (χ0n) is 20.9. The third-order valence-electron chi connectivity index (χ3n) is 6.83. The SMILES string of the molecule is CCN1CCCC1CNc1nc(NCC2CCCCC2)nc(Nc2ccc(OCOC)c(F)c2)n1. The van der Waals surface area contributed by atoms with Crippen LogP contribution in [0.25, 0.3) is 0 Å². The topological polar surface area (TPSA) is 96.5 Å². The first kappa shape index (κ1) is 25.4. The van der Waals surface area contributed by atoms with Gasteiger partial charge in [0.2, 0.25) is 17.8 Å². The van der Waals surface area contributed by atoms with Gasteiger partial charge in [0, 0.05) is 38.0 Å². The van der Waals surface area contributed by atoms with E-state index in [1.807, 2.05) is 0 Å². The highest BCUT2D eigenvalue weighted by Gasteiger charge is 2.23. The first-order chi connectivity index (χ1) is 17.1. The van der Waals surface area contributed by atoms with Crippen molar-refractivity contribution in [3.8, 4) is 5.75 Å². The van der Waals surface area contributed by atoms with Crippen molar-refractivity contribution in [1.29, 1.82) is 0 Å². The molecule has 1 saturated heterocycles. The van der Waals surface area contributed by atoms with Gasteiger partial charge < -0.3 is 25.4 Å². The summed E-state index contributed by atoms with van der Waals surface area (Å²) in [5.41, 5.74) is 0.524. The second-order valence-corrected chi connectivity index (χ2v) is 9.32. The fourth-order valence-corrected chi connectivity index (χ4v) is 4.92. The molecule has 9 nitrogen and oxygen atoms in total. The van der Waals surface area contributed by atoms with Gasteiger partial charge in [-0.15, -0.1) is 0 Å². The van der Waals surface area contributed by atoms with Crippen molar-refractivity contribution in [2.24, 2.45) is 5.92 Å². The van der Waals surface area contributed by atoms with Gasteiger partial charge in [-0.1, -0.05) is 26.2 Å². The molecule has 192 valence electrons. The number of hydrogen-bond donors (Lipinski definition) is 3. The lowest BCUT2D eigenvalue weighted by molar-refractivity contribution is 0.0483. The summed E-state index contributed by atoms with van der Waals surface area (Å²) >= 11 is 0. The summed E-state index contributed by atoms with van der Waals surface area (Å²) in [7, 11) is 1.49. The minimum atomic E-state index is -0.490. The maximum atomic E-state index is 14.4. The van der Waals surface area contributed by atoms with E-state index in [0.29, 0.717) is 35.5 Å². The number of anilines is 4. The van der Waals surface area contributed by atoms with Crippen LogP contribution in [0.4, 0.5) is 27.9 Å². The van der Waals surface area contributed by atoms with Crippen LogP contribution in [-0.2, 0) is 4.74 Å². The van der Waals surface area contributed by atoms with Crippen LogP contribution in [0.15, 0.2) is 18.2 Å². The molecule has 1 aromatic heterocycles. The molecule has 10 heteroatoms. The van der Waals surface area contributed by atoms with Gasteiger partial charge in [-0.25, -0.2) is 4.39 Å². The molecule has 3 N–H and O–H groups in total. The molecule has 35 heavy (non-hydrogen) atoms. The van der Waals surface area contributed by atoms with Gasteiger partial charge in [-0.3, -0.25) is 4.90 Å². The first-order valence-electron chi connectivity index (χ1n) is 12.8. The van der Waals surface area contributed by atoms with E-state index in [0.717, 1.165) is 26.2 Å². The van der Waals surface area contributed by atoms with Crippen molar-refractivity contribution >= 4 is 23.5 Å². The fraction of sp³-hybridized carbons (Fsp3) is 0.640. The van der Waals surface area contributed by atoms with Gasteiger partial charge in [0.15, 0.2) is 18.4 Å². The lowest BCUT2D eigenvalue weighted by atomic mass is 9.89. The number of nitrogens with zero attached hydrogens (tertiary/aromatic N) is 4. The van der Waals surface area contributed by atoms with Gasteiger partial charge in [0.05, 0.1) is 0 Å². The van der Waals surface area contributed by atoms with Crippen molar-refractivity contribution in [3.63, 3.8) is 0 Å². The van der Waals surface area contributed by atoms with Crippen LogP contribution in [-0.4, -0.2) is 66.0 Å². The van der Waals surface area contributed by atoms with Gasteiger partial charge >= 0.3 is 0 Å². The van der Waals surface area contributed by atoms with Crippen molar-refractivity contribution in [1.82, 2.24) is 19.9 Å². The number of halogens is 1. The zero-order valence-corrected chi connectivity index (χ0v) is 20.9. The molecule has 1 aliphatic carbocycles. The summed E-state index contributed by atoms with van der Waals surface area (Å²) in [5.74, 6) is 1.67. The Kier molecular flexibility index (Phi) is 9.30. The Morgan fingerprint density at radius 3 is 2.43 bits per heavy atom. The maximum Gasteiger partial charge on any atom is 0.233 e. The number of likely N-dealkylation sites (N-methyl/N-ethyl adjacent to an activating group) is 1. The second-order valence-electron chi connectivity index (χ2n) is 9.32. The minimum Gasteiger partial charge on any atom is -0.464 e. The highest BCUT2D eigenvalue weighted by molar-refractivity contribution is 5.57. The lowest BCUT2D eigenvalue weighted by Crippen LogP contribution is -2.35. The van der Waals surface area contributed by atoms with E-state index in [2.05, 4.69) is 42.7 Å². The molecule has 0 spiro atoms. The molecule has 1 saturated carbocycles. The van der Waals surface area contributed by atoms with E-state index in [1.54, 1.807) is 12.1 Å². The quantitative estimate of drug-likeness (QED) is 0.370. The number of hydrogen-bond acceptors (Lipinski definition) is 9. The molecule has 1 aromatic carbocycles. The first-order valence-corrected chi connectivity index (χ1v) is 12.8. The molecule has 2 aliphatic rings. The molecule has 1 aliphatic heterocycles. The number of benzene rings is 1. The predicted molar refractivity (Wildman–Crippen MR) is 136 cm³/mol. The van der Waals surface area contributed by atoms with Gasteiger partial charge in [-0.2, -0.15) is 15.0 Å². The van der Waals surface area contributed by atoms with Gasteiger partial charge in [-0.05, 0) is 56.8 Å². The Hall–Kier alpha value is -2.72. The van der Waals surface area contributed by atoms with Crippen LogP contribution >= 0.6 is 0 Å². The number of ether oxygens (including phenoxy) is 2. The van der Waals surface area contributed by atoms with E-state index < -0.39 is 5.82 Å². The molecule has 0 bridgehead atoms. The molecule has 2 aromatic rings. The molecule has 2 fully saturated rings. The van der Waals surface area contributed by atoms with Crippen molar-refractivity contribution in [2.45, 2.75) is 57.9 Å². The highest BCUT2D eigenvalue weighted by Crippen LogP contribution is 2.26. The average Bonchev–Trinajstić information content (AvgIpc) is 3.34. The third-order valence-corrected chi connectivity index (χ3v) is 6.83. The van der Waals surface area contributed by atoms with Crippen molar-refractivity contribution in [2.75, 3.05) is 56.0 Å². The molecule has 1 unspecified atom stereocenters. The average molecular weight is 488 g/mol. The van der Waals surface area contributed by atoms with Crippen molar-refractivity contribution in [3.05, 3.63) is 24.0 Å². The number of aromatic nitrogens is 3. The Labute approximate surface area is 207 Å². The summed E-state index contributed by atoms with van der Waals surface area (Å²) < 4.78 is 24.5. The standard InChI is InChI=1S/C25H38FN7O2/c1-3-33-13-7-10-20(33)16-28-24-30-23(27-15-18-8-5-4-6-9-18)31-25(32-24)29-19-11-12-22(21(26)14-19)35-17-34-2/h11-12,14,18,20H,3-10,13,15-17H2,1-2H3,(H3,27,28,29,30,31,32).